The first-order chi connectivity index (χ1) is 4.47. The van der Waals surface area contributed by atoms with Crippen molar-refractivity contribution in [1.29, 1.82) is 0 Å². The van der Waals surface area contributed by atoms with Gasteiger partial charge in [-0.25, -0.2) is 0 Å². The molecule has 0 fully saturated rings. The van der Waals surface area contributed by atoms with Gasteiger partial charge < -0.3 is 5.43 Å². The summed E-state index contributed by atoms with van der Waals surface area (Å²) in [6.45, 7) is 0.971. The van der Waals surface area contributed by atoms with Gasteiger partial charge in [-0.05, 0) is 12.2 Å². The Balaban J connectivity index is 2.31. The number of hydrogen-bond acceptors (Lipinski definition) is 2. The second-order valence-electron chi connectivity index (χ2n) is 2.09. The summed E-state index contributed by atoms with van der Waals surface area (Å²) in [5.41, 5.74) is 4.34. The van der Waals surface area contributed by atoms with Crippen molar-refractivity contribution in [2.75, 3.05) is 6.54 Å². The largest absolute Gasteiger partial charge is 0.305 e. The van der Waals surface area contributed by atoms with Gasteiger partial charge in [-0.1, -0.05) is 12.2 Å². The van der Waals surface area contributed by atoms with Crippen LogP contribution >= 0.6 is 0 Å². The zero-order chi connectivity index (χ0) is 6.10. The topological polar surface area (TPSA) is 15.3 Å². The van der Waals surface area contributed by atoms with Crippen molar-refractivity contribution in [3.63, 3.8) is 0 Å². The van der Waals surface area contributed by atoms with E-state index in [1.54, 1.807) is 0 Å². The van der Waals surface area contributed by atoms with Crippen LogP contribution in [0.2, 0.25) is 0 Å². The molecule has 9 heavy (non-hydrogen) atoms. The lowest BCUT2D eigenvalue weighted by Crippen LogP contribution is -2.29. The number of hydrogen-bond donors (Lipinski definition) is 1. The zero-order valence-corrected chi connectivity index (χ0v) is 5.04. The second-order valence-corrected chi connectivity index (χ2v) is 2.09. The monoisotopic (exact) mass is 120 g/mol. The molecule has 0 radical (unpaired) electrons. The van der Waals surface area contributed by atoms with Gasteiger partial charge in [0.2, 0.25) is 0 Å². The molecule has 2 nitrogen and oxygen atoms in total. The predicted molar refractivity (Wildman–Crippen MR) is 36.2 cm³/mol. The summed E-state index contributed by atoms with van der Waals surface area (Å²) < 4.78 is 0. The molecular weight excluding hydrogens is 112 g/mol. The maximum atomic E-state index is 3.09. The third-order valence-corrected chi connectivity index (χ3v) is 1.49. The number of nitrogens with one attached hydrogen (secondary N) is 1. The molecule has 0 aromatic rings. The average molecular weight is 120 g/mol. The molecule has 2 aliphatic heterocycles. The van der Waals surface area contributed by atoms with Crippen molar-refractivity contribution in [1.82, 2.24) is 10.4 Å². The fraction of sp³-hybridized carbons (Fsp3) is 0.143. The minimum absolute atomic E-state index is 0.971. The summed E-state index contributed by atoms with van der Waals surface area (Å²) in [4.78, 5) is 0. The Morgan fingerprint density at radius 2 is 2.56 bits per heavy atom. The molecule has 1 N–H and O–H groups in total. The minimum Gasteiger partial charge on any atom is -0.305 e. The summed E-state index contributed by atoms with van der Waals surface area (Å²) >= 11 is 0. The first-order valence-corrected chi connectivity index (χ1v) is 3.04. The maximum absolute atomic E-state index is 3.09. The van der Waals surface area contributed by atoms with Crippen LogP contribution in [0.3, 0.4) is 0 Å². The van der Waals surface area contributed by atoms with Crippen LogP contribution in [-0.2, 0) is 0 Å². The van der Waals surface area contributed by atoms with Gasteiger partial charge in [-0.15, -0.1) is 0 Å². The molecule has 0 saturated heterocycles. The number of nitrogens with zero attached hydrogens (tertiary/aromatic N) is 1. The van der Waals surface area contributed by atoms with Crippen LogP contribution in [-0.4, -0.2) is 11.6 Å². The lowest BCUT2D eigenvalue weighted by Gasteiger charge is -2.20. The summed E-state index contributed by atoms with van der Waals surface area (Å²) in [5, 5.41) is 2.08. The third kappa shape index (κ3) is 0.633. The smallest absolute Gasteiger partial charge is 0.0590 e. The predicted octanol–water partition coefficient (Wildman–Crippen LogP) is 0.774. The number of allylic oxidation sites excluding steroid dienone is 3. The van der Waals surface area contributed by atoms with E-state index in [1.165, 1.54) is 5.70 Å². The van der Waals surface area contributed by atoms with Crippen LogP contribution in [0.25, 0.3) is 0 Å². The molecule has 0 aliphatic carbocycles. The van der Waals surface area contributed by atoms with Crippen LogP contribution < -0.4 is 5.43 Å². The van der Waals surface area contributed by atoms with E-state index in [1.807, 2.05) is 6.20 Å². The molecule has 0 amide bonds. The molecule has 0 saturated carbocycles. The van der Waals surface area contributed by atoms with Gasteiger partial charge in [0.15, 0.2) is 0 Å². The van der Waals surface area contributed by atoms with Crippen molar-refractivity contribution in [2.45, 2.75) is 0 Å². The van der Waals surface area contributed by atoms with Gasteiger partial charge in [0.25, 0.3) is 0 Å². The van der Waals surface area contributed by atoms with E-state index in [0.29, 0.717) is 0 Å². The quantitative estimate of drug-likeness (QED) is 0.508. The van der Waals surface area contributed by atoms with Crippen molar-refractivity contribution in [3.05, 3.63) is 36.2 Å². The number of fused-ring (bicyclic) bond motifs is 1. The van der Waals surface area contributed by atoms with Crippen LogP contribution in [0.4, 0.5) is 0 Å². The van der Waals surface area contributed by atoms with E-state index in [0.717, 1.165) is 6.54 Å². The molecule has 0 bridgehead atoms. The zero-order valence-electron chi connectivity index (χ0n) is 5.04. The Morgan fingerprint density at radius 1 is 1.56 bits per heavy atom. The lowest BCUT2D eigenvalue weighted by atomic mass is 10.3. The van der Waals surface area contributed by atoms with E-state index in [9.17, 15) is 0 Å². The summed E-state index contributed by atoms with van der Waals surface area (Å²) in [7, 11) is 0. The highest BCUT2D eigenvalue weighted by Gasteiger charge is 2.09. The van der Waals surface area contributed by atoms with Gasteiger partial charge >= 0.3 is 0 Å². The lowest BCUT2D eigenvalue weighted by molar-refractivity contribution is 0.344. The van der Waals surface area contributed by atoms with Crippen molar-refractivity contribution < 1.29 is 0 Å². The number of rotatable bonds is 0. The summed E-state index contributed by atoms with van der Waals surface area (Å²) in [6.07, 6.45) is 10.3. The SMILES string of the molecule is C1=CCN2NC=CC2=C1. The van der Waals surface area contributed by atoms with E-state index < -0.39 is 0 Å². The first-order valence-electron chi connectivity index (χ1n) is 3.04. The summed E-state index contributed by atoms with van der Waals surface area (Å²) in [5.74, 6) is 0. The van der Waals surface area contributed by atoms with Crippen LogP contribution in [0.15, 0.2) is 36.2 Å². The molecule has 2 rings (SSSR count). The fourth-order valence-corrected chi connectivity index (χ4v) is 1.01. The van der Waals surface area contributed by atoms with Crippen molar-refractivity contribution >= 4 is 0 Å². The van der Waals surface area contributed by atoms with Gasteiger partial charge in [0.05, 0.1) is 12.2 Å². The van der Waals surface area contributed by atoms with Crippen molar-refractivity contribution in [3.8, 4) is 0 Å². The number of hydrazine groups is 1. The Morgan fingerprint density at radius 3 is 3.44 bits per heavy atom. The van der Waals surface area contributed by atoms with E-state index in [2.05, 4.69) is 34.7 Å². The maximum Gasteiger partial charge on any atom is 0.0590 e. The van der Waals surface area contributed by atoms with E-state index >= 15 is 0 Å². The third-order valence-electron chi connectivity index (χ3n) is 1.49. The Bertz CT molecular complexity index is 201. The first kappa shape index (κ1) is 4.68. The molecule has 0 atom stereocenters. The molecule has 0 aromatic heterocycles. The molecule has 0 aromatic carbocycles. The van der Waals surface area contributed by atoms with E-state index in [-0.39, 0.29) is 0 Å². The minimum atomic E-state index is 0.971. The van der Waals surface area contributed by atoms with E-state index in [4.69, 9.17) is 0 Å². The highest BCUT2D eigenvalue weighted by molar-refractivity contribution is 5.29. The highest BCUT2D eigenvalue weighted by atomic mass is 15.5. The molecule has 2 heterocycles. The molecule has 0 unspecified atom stereocenters. The Hall–Kier alpha value is -1.18. The molecule has 2 aliphatic rings. The normalized spacial score (nSPS) is 21.3. The Kier molecular flexibility index (Phi) is 0.859. The standard InChI is InChI=1S/C7H8N2/c1-2-6-9-7(3-1)4-5-8-9/h1-5,8H,6H2. The molecular formula is C7H8N2. The van der Waals surface area contributed by atoms with Crippen LogP contribution in [0, 0.1) is 0 Å². The Labute approximate surface area is 54.1 Å². The van der Waals surface area contributed by atoms with Gasteiger partial charge in [-0.2, -0.15) is 0 Å². The van der Waals surface area contributed by atoms with Crippen LogP contribution in [0.5, 0.6) is 0 Å². The van der Waals surface area contributed by atoms with Crippen molar-refractivity contribution in [2.24, 2.45) is 0 Å². The summed E-state index contributed by atoms with van der Waals surface area (Å²) in [6, 6.07) is 0. The van der Waals surface area contributed by atoms with Gasteiger partial charge in [0, 0.05) is 6.20 Å². The van der Waals surface area contributed by atoms with Gasteiger partial charge in [0.1, 0.15) is 0 Å². The van der Waals surface area contributed by atoms with Crippen LogP contribution in [0.1, 0.15) is 0 Å². The second kappa shape index (κ2) is 1.65. The molecule has 46 valence electrons. The molecule has 0 spiro atoms. The fourth-order valence-electron chi connectivity index (χ4n) is 1.01. The van der Waals surface area contributed by atoms with Gasteiger partial charge in [-0.3, -0.25) is 5.01 Å². The average Bonchev–Trinajstić information content (AvgIpc) is 2.33. The molecule has 2 heteroatoms. The highest BCUT2D eigenvalue weighted by Crippen LogP contribution is 2.11.